The van der Waals surface area contributed by atoms with Crippen molar-refractivity contribution in [2.45, 2.75) is 61.3 Å². The second kappa shape index (κ2) is 5.89. The monoisotopic (exact) mass is 267 g/mol. The van der Waals surface area contributed by atoms with E-state index in [1.807, 2.05) is 6.92 Å². The third-order valence-electron chi connectivity index (χ3n) is 2.97. The molecule has 0 aromatic heterocycles. The summed E-state index contributed by atoms with van der Waals surface area (Å²) in [5.74, 6) is -0.441. The van der Waals surface area contributed by atoms with Gasteiger partial charge in [-0.25, -0.2) is 0 Å². The number of carbonyl (C=O) groups is 2. The maximum Gasteiger partial charge on any atom is 0.232 e. The van der Waals surface area contributed by atoms with Crippen molar-refractivity contribution in [3.8, 4) is 0 Å². The van der Waals surface area contributed by atoms with Crippen LogP contribution in [0.15, 0.2) is 12.7 Å². The van der Waals surface area contributed by atoms with Crippen LogP contribution in [0.3, 0.4) is 0 Å². The number of carbonyl (C=O) groups excluding carboxylic acids is 2. The minimum atomic E-state index is -0.596. The molecular weight excluding hydrogens is 238 g/mol. The molecule has 0 bridgehead atoms. The smallest absolute Gasteiger partial charge is 0.232 e. The third-order valence-corrected chi connectivity index (χ3v) is 2.97. The van der Waals surface area contributed by atoms with E-state index < -0.39 is 10.8 Å². The third kappa shape index (κ3) is 6.04. The number of nitrogens with one attached hydrogen (secondary N) is 1. The van der Waals surface area contributed by atoms with E-state index in [1.165, 1.54) is 0 Å². The van der Waals surface area contributed by atoms with Gasteiger partial charge < -0.3 is 0 Å². The van der Waals surface area contributed by atoms with Crippen molar-refractivity contribution in [1.82, 2.24) is 5.32 Å². The van der Waals surface area contributed by atoms with Crippen LogP contribution in [0.5, 0.6) is 0 Å². The molecule has 0 aliphatic heterocycles. The summed E-state index contributed by atoms with van der Waals surface area (Å²) in [7, 11) is 0. The quantitative estimate of drug-likeness (QED) is 0.790. The van der Waals surface area contributed by atoms with Gasteiger partial charge in [0.1, 0.15) is 0 Å². The Hall–Kier alpha value is -1.12. The fourth-order valence-corrected chi connectivity index (χ4v) is 2.18. The lowest BCUT2D eigenvalue weighted by molar-refractivity contribution is -0.140. The normalized spacial score (nSPS) is 15.5. The Morgan fingerprint density at radius 2 is 1.47 bits per heavy atom. The van der Waals surface area contributed by atoms with Crippen molar-refractivity contribution in [2.24, 2.45) is 16.2 Å². The summed E-state index contributed by atoms with van der Waals surface area (Å²) in [6.45, 7) is 17.3. The highest BCUT2D eigenvalue weighted by Gasteiger charge is 2.38. The van der Waals surface area contributed by atoms with Gasteiger partial charge in [0.05, 0.1) is 5.41 Å². The van der Waals surface area contributed by atoms with E-state index in [-0.39, 0.29) is 17.2 Å². The van der Waals surface area contributed by atoms with Gasteiger partial charge in [-0.1, -0.05) is 54.5 Å². The van der Waals surface area contributed by atoms with Gasteiger partial charge in [-0.2, -0.15) is 0 Å². The maximum absolute atomic E-state index is 12.4. The fraction of sp³-hybridized carbons (Fsp3) is 0.750. The Bertz CT molecular complexity index is 358. The standard InChI is InChI=1S/C16H29NO2/c1-9-10-16(8,11-14(2,3)4)13(19)17-12(18)15(5,6)7/h9H,1,10-11H2,2-8H3,(H,17,18,19). The molecule has 0 aromatic rings. The van der Waals surface area contributed by atoms with Crippen LogP contribution >= 0.6 is 0 Å². The fourth-order valence-electron chi connectivity index (χ4n) is 2.18. The lowest BCUT2D eigenvalue weighted by Crippen LogP contribution is -2.47. The molecule has 110 valence electrons. The minimum Gasteiger partial charge on any atom is -0.296 e. The van der Waals surface area contributed by atoms with E-state index in [0.717, 1.165) is 0 Å². The second-order valence-electron chi connectivity index (χ2n) is 7.82. The maximum atomic E-state index is 12.4. The molecule has 0 fully saturated rings. The highest BCUT2D eigenvalue weighted by Crippen LogP contribution is 2.37. The molecule has 3 nitrogen and oxygen atoms in total. The molecule has 1 N–H and O–H groups in total. The van der Waals surface area contributed by atoms with Crippen molar-refractivity contribution in [3.63, 3.8) is 0 Å². The molecule has 3 heteroatoms. The van der Waals surface area contributed by atoms with Crippen molar-refractivity contribution in [2.75, 3.05) is 0 Å². The average Bonchev–Trinajstić information content (AvgIpc) is 2.13. The summed E-state index contributed by atoms with van der Waals surface area (Å²) in [5, 5.41) is 2.54. The first-order chi connectivity index (χ1) is 8.32. The predicted octanol–water partition coefficient (Wildman–Crippen LogP) is 3.69. The van der Waals surface area contributed by atoms with Crippen LogP contribution in [-0.2, 0) is 9.59 Å². The molecule has 0 saturated carbocycles. The molecule has 0 aromatic carbocycles. The van der Waals surface area contributed by atoms with Crippen LogP contribution in [0.25, 0.3) is 0 Å². The lowest BCUT2D eigenvalue weighted by atomic mass is 9.72. The van der Waals surface area contributed by atoms with Gasteiger partial charge in [-0.15, -0.1) is 6.58 Å². The topological polar surface area (TPSA) is 46.2 Å². The van der Waals surface area contributed by atoms with Gasteiger partial charge in [0, 0.05) is 5.41 Å². The Balaban J connectivity index is 5.04. The van der Waals surface area contributed by atoms with Gasteiger partial charge in [0.2, 0.25) is 11.8 Å². The summed E-state index contributed by atoms with van der Waals surface area (Å²) in [6, 6.07) is 0. The van der Waals surface area contributed by atoms with Crippen LogP contribution in [0.1, 0.15) is 61.3 Å². The molecule has 1 unspecified atom stereocenters. The summed E-state index contributed by atoms with van der Waals surface area (Å²) in [6.07, 6.45) is 3.01. The Morgan fingerprint density at radius 3 is 1.79 bits per heavy atom. The Kier molecular flexibility index (Phi) is 5.54. The van der Waals surface area contributed by atoms with Crippen LogP contribution in [0.2, 0.25) is 0 Å². The summed E-state index contributed by atoms with van der Waals surface area (Å²) in [5.41, 5.74) is -1.15. The van der Waals surface area contributed by atoms with Gasteiger partial charge in [0.15, 0.2) is 0 Å². The zero-order chi connectivity index (χ0) is 15.5. The highest BCUT2D eigenvalue weighted by molar-refractivity contribution is 5.99. The first-order valence-electron chi connectivity index (χ1n) is 6.79. The van der Waals surface area contributed by atoms with Crippen LogP contribution < -0.4 is 5.32 Å². The number of amides is 2. The van der Waals surface area contributed by atoms with Crippen molar-refractivity contribution >= 4 is 11.8 Å². The van der Waals surface area contributed by atoms with Crippen molar-refractivity contribution in [1.29, 1.82) is 0 Å². The zero-order valence-electron chi connectivity index (χ0n) is 13.5. The van der Waals surface area contributed by atoms with Crippen LogP contribution in [0.4, 0.5) is 0 Å². The van der Waals surface area contributed by atoms with E-state index >= 15 is 0 Å². The number of rotatable bonds is 4. The molecule has 0 aliphatic carbocycles. The van der Waals surface area contributed by atoms with E-state index in [4.69, 9.17) is 0 Å². The van der Waals surface area contributed by atoms with Crippen molar-refractivity contribution < 1.29 is 9.59 Å². The Morgan fingerprint density at radius 1 is 1.00 bits per heavy atom. The molecular formula is C16H29NO2. The first kappa shape index (κ1) is 17.9. The predicted molar refractivity (Wildman–Crippen MR) is 79.6 cm³/mol. The van der Waals surface area contributed by atoms with Crippen molar-refractivity contribution in [3.05, 3.63) is 12.7 Å². The van der Waals surface area contributed by atoms with Gasteiger partial charge >= 0.3 is 0 Å². The van der Waals surface area contributed by atoms with Crippen LogP contribution in [0, 0.1) is 16.2 Å². The molecule has 0 radical (unpaired) electrons. The van der Waals surface area contributed by atoms with Gasteiger partial charge in [0.25, 0.3) is 0 Å². The Labute approximate surface area is 117 Å². The molecule has 0 aliphatic rings. The molecule has 0 spiro atoms. The first-order valence-corrected chi connectivity index (χ1v) is 6.79. The summed E-state index contributed by atoms with van der Waals surface area (Å²) >= 11 is 0. The number of hydrogen-bond donors (Lipinski definition) is 1. The van der Waals surface area contributed by atoms with E-state index in [1.54, 1.807) is 26.8 Å². The number of allylic oxidation sites excluding steroid dienone is 1. The SMILES string of the molecule is C=CCC(C)(CC(C)(C)C)C(=O)NC(=O)C(C)(C)C. The zero-order valence-corrected chi connectivity index (χ0v) is 13.5. The number of imide groups is 1. The molecule has 19 heavy (non-hydrogen) atoms. The highest BCUT2D eigenvalue weighted by atomic mass is 16.2. The van der Waals surface area contributed by atoms with Gasteiger partial charge in [-0.3, -0.25) is 14.9 Å². The lowest BCUT2D eigenvalue weighted by Gasteiger charge is -2.34. The number of hydrogen-bond acceptors (Lipinski definition) is 2. The molecule has 0 heterocycles. The summed E-state index contributed by atoms with van der Waals surface area (Å²) < 4.78 is 0. The van der Waals surface area contributed by atoms with E-state index in [2.05, 4.69) is 32.7 Å². The van der Waals surface area contributed by atoms with Crippen LogP contribution in [-0.4, -0.2) is 11.8 Å². The second-order valence-corrected chi connectivity index (χ2v) is 7.82. The largest absolute Gasteiger partial charge is 0.296 e. The van der Waals surface area contributed by atoms with Gasteiger partial charge in [-0.05, 0) is 18.3 Å². The minimum absolute atomic E-state index is 0.0138. The molecule has 1 atom stereocenters. The summed E-state index contributed by atoms with van der Waals surface area (Å²) in [4.78, 5) is 24.3. The molecule has 2 amide bonds. The molecule has 0 saturated heterocycles. The average molecular weight is 267 g/mol. The van der Waals surface area contributed by atoms with E-state index in [9.17, 15) is 9.59 Å². The van der Waals surface area contributed by atoms with E-state index in [0.29, 0.717) is 12.8 Å². The molecule has 0 rings (SSSR count).